The number of phenols is 2. The van der Waals surface area contributed by atoms with E-state index >= 15 is 0 Å². The van der Waals surface area contributed by atoms with Crippen molar-refractivity contribution in [1.29, 1.82) is 0 Å². The van der Waals surface area contributed by atoms with Crippen LogP contribution in [0.5, 0.6) is 17.2 Å². The maximum Gasteiger partial charge on any atom is 0.573 e. The van der Waals surface area contributed by atoms with E-state index in [1.54, 1.807) is 6.07 Å². The van der Waals surface area contributed by atoms with Gasteiger partial charge in [0.05, 0.1) is 11.3 Å². The summed E-state index contributed by atoms with van der Waals surface area (Å²) in [6.07, 6.45) is 1.61. The highest BCUT2D eigenvalue weighted by Crippen LogP contribution is 2.32. The molecule has 1 aromatic heterocycles. The molecule has 46 heavy (non-hydrogen) atoms. The standard InChI is InChI=1S/C27H30F3N7O4.ClH.4H3N.4H2/c28-27(29,30)41-18-8-10-21(38)19(16-18)23(40)32-20-9-7-17(15-22(20)39)31-24-33-25(36-11-3-1-4-12-36)35-26(34-24)37-13-5-2-6-14-37;;;;;;;;;/h7-10,15-16,38-39H,1-6,11-14H2,(H,32,40)(H,31,33,34,35);1H;4*1H3;4*1H. The minimum absolute atomic E-state index is 0. The number of amides is 1. The summed E-state index contributed by atoms with van der Waals surface area (Å²) < 4.78 is 41.5. The van der Waals surface area contributed by atoms with E-state index in [1.807, 2.05) is 0 Å². The lowest BCUT2D eigenvalue weighted by Gasteiger charge is -2.30. The van der Waals surface area contributed by atoms with E-state index in [-0.39, 0.29) is 54.2 Å². The molecule has 0 radical (unpaired) electrons. The molecule has 3 heterocycles. The van der Waals surface area contributed by atoms with Crippen molar-refractivity contribution in [1.82, 2.24) is 39.6 Å². The van der Waals surface area contributed by atoms with Crippen LogP contribution in [0.4, 0.5) is 42.4 Å². The lowest BCUT2D eigenvalue weighted by molar-refractivity contribution is -0.274. The predicted molar refractivity (Wildman–Crippen MR) is 182 cm³/mol. The molecule has 0 spiro atoms. The zero-order chi connectivity index (χ0) is 29.0. The number of carbonyl (C=O) groups is 1. The zero-order valence-electron chi connectivity index (χ0n) is 25.4. The summed E-state index contributed by atoms with van der Waals surface area (Å²) in [5.74, 6) is -1.01. The number of aromatic nitrogens is 3. The average molecular weight is 686 g/mol. The normalized spacial score (nSPS) is 14.2. The Kier molecular flexibility index (Phi) is 16.3. The van der Waals surface area contributed by atoms with Crippen LogP contribution >= 0.6 is 12.4 Å². The third kappa shape index (κ3) is 10.6. The Balaban J connectivity index is -0.000000750. The van der Waals surface area contributed by atoms with Gasteiger partial charge in [-0.3, -0.25) is 4.79 Å². The van der Waals surface area contributed by atoms with Crippen LogP contribution < -0.4 is 49.8 Å². The molecule has 0 unspecified atom stereocenters. The van der Waals surface area contributed by atoms with Gasteiger partial charge >= 0.3 is 6.36 Å². The smallest absolute Gasteiger partial charge is 0.507 e. The van der Waals surface area contributed by atoms with Gasteiger partial charge in [-0.1, -0.05) is 0 Å². The summed E-state index contributed by atoms with van der Waals surface area (Å²) in [7, 11) is 0. The average Bonchev–Trinajstić information content (AvgIpc) is 2.95. The Morgan fingerprint density at radius 2 is 1.33 bits per heavy atom. The number of benzene rings is 2. The van der Waals surface area contributed by atoms with Crippen molar-refractivity contribution in [3.63, 3.8) is 0 Å². The first kappa shape index (κ1) is 41.6. The Labute approximate surface area is 276 Å². The quantitative estimate of drug-likeness (QED) is 0.114. The van der Waals surface area contributed by atoms with Gasteiger partial charge in [0, 0.05) is 43.6 Å². The van der Waals surface area contributed by atoms with Gasteiger partial charge in [-0.05, 0) is 68.9 Å². The first-order chi connectivity index (χ1) is 19.6. The van der Waals surface area contributed by atoms with Crippen molar-refractivity contribution in [2.45, 2.75) is 44.9 Å². The van der Waals surface area contributed by atoms with Crippen LogP contribution in [-0.4, -0.2) is 63.6 Å². The number of ether oxygens (including phenoxy) is 1. The van der Waals surface area contributed by atoms with Crippen LogP contribution in [0.25, 0.3) is 0 Å². The number of nitrogens with one attached hydrogen (secondary N) is 2. The second-order valence-electron chi connectivity index (χ2n) is 9.89. The van der Waals surface area contributed by atoms with Crippen molar-refractivity contribution in [2.24, 2.45) is 0 Å². The van der Waals surface area contributed by atoms with Crippen LogP contribution in [0.15, 0.2) is 36.4 Å². The van der Waals surface area contributed by atoms with Crippen molar-refractivity contribution >= 4 is 47.5 Å². The van der Waals surface area contributed by atoms with Gasteiger partial charge in [-0.25, -0.2) is 0 Å². The minimum atomic E-state index is -4.96. The number of halogens is 4. The van der Waals surface area contributed by atoms with Gasteiger partial charge in [0.15, 0.2) is 0 Å². The molecule has 0 aliphatic carbocycles. The minimum Gasteiger partial charge on any atom is -0.507 e. The summed E-state index contributed by atoms with van der Waals surface area (Å²) in [4.78, 5) is 31.0. The number of rotatable bonds is 7. The number of hydrogen-bond donors (Lipinski definition) is 8. The molecular weight excluding hydrogens is 635 g/mol. The van der Waals surface area contributed by atoms with Gasteiger partial charge in [0.2, 0.25) is 17.8 Å². The van der Waals surface area contributed by atoms with Crippen molar-refractivity contribution in [3.8, 4) is 17.2 Å². The Bertz CT molecular complexity index is 1390. The molecule has 0 saturated carbocycles. The largest absolute Gasteiger partial charge is 0.573 e. The molecule has 16 N–H and O–H groups in total. The molecule has 0 bridgehead atoms. The monoisotopic (exact) mass is 685 g/mol. The Morgan fingerprint density at radius 3 is 1.83 bits per heavy atom. The Morgan fingerprint density at radius 1 is 0.783 bits per heavy atom. The van der Waals surface area contributed by atoms with E-state index in [2.05, 4.69) is 35.1 Å². The topological polar surface area (TPSA) is 276 Å². The second-order valence-corrected chi connectivity index (χ2v) is 9.89. The van der Waals surface area contributed by atoms with Crippen molar-refractivity contribution in [2.75, 3.05) is 46.6 Å². The lowest BCUT2D eigenvalue weighted by atomic mass is 10.1. The fourth-order valence-electron chi connectivity index (χ4n) is 4.81. The number of aromatic hydroxyl groups is 2. The first-order valence-electron chi connectivity index (χ1n) is 13.4. The molecule has 2 saturated heterocycles. The predicted octanol–water partition coefficient (Wildman–Crippen LogP) is 7.21. The van der Waals surface area contributed by atoms with Gasteiger partial charge in [0.25, 0.3) is 5.91 Å². The third-order valence-corrected chi connectivity index (χ3v) is 6.84. The number of piperidine rings is 2. The zero-order valence-corrected chi connectivity index (χ0v) is 26.2. The van der Waals surface area contributed by atoms with Crippen LogP contribution in [0, 0.1) is 0 Å². The molecule has 2 aliphatic heterocycles. The number of carbonyl (C=O) groups excluding carboxylic acids is 1. The molecule has 3 aromatic rings. The number of alkyl halides is 3. The van der Waals surface area contributed by atoms with Crippen molar-refractivity contribution < 1.29 is 38.6 Å². The number of hydrogen-bond acceptors (Lipinski definition) is 14. The number of anilines is 5. The van der Waals surface area contributed by atoms with E-state index < -0.39 is 29.3 Å². The van der Waals surface area contributed by atoms with Crippen molar-refractivity contribution in [3.05, 3.63) is 42.0 Å². The van der Waals surface area contributed by atoms with E-state index in [0.717, 1.165) is 70.1 Å². The van der Waals surface area contributed by atoms with E-state index in [0.29, 0.717) is 23.5 Å². The number of nitrogens with zero attached hydrogens (tertiary/aromatic N) is 5. The maximum atomic E-state index is 12.7. The van der Waals surface area contributed by atoms with Gasteiger partial charge in [-0.15, -0.1) is 25.6 Å². The van der Waals surface area contributed by atoms with Crippen LogP contribution in [0.2, 0.25) is 0 Å². The van der Waals surface area contributed by atoms with Gasteiger partial charge in [-0.2, -0.15) is 15.0 Å². The maximum absolute atomic E-state index is 12.7. The Hall–Kier alpha value is -4.36. The van der Waals surface area contributed by atoms with Gasteiger partial charge < -0.3 is 60.0 Å². The fourth-order valence-corrected chi connectivity index (χ4v) is 4.81. The van der Waals surface area contributed by atoms with E-state index in [9.17, 15) is 28.2 Å². The fraction of sp³-hybridized carbons (Fsp3) is 0.407. The first-order valence-corrected chi connectivity index (χ1v) is 13.4. The molecule has 1 amide bonds. The highest BCUT2D eigenvalue weighted by Gasteiger charge is 2.31. The molecular formula is C27H51ClF3N11O4. The summed E-state index contributed by atoms with van der Waals surface area (Å²) in [6, 6.07) is 6.87. The highest BCUT2D eigenvalue weighted by molar-refractivity contribution is 6.07. The molecule has 19 heteroatoms. The molecule has 2 aliphatic rings. The number of phenolic OH excluding ortho intramolecular Hbond substituents is 2. The third-order valence-electron chi connectivity index (χ3n) is 6.84. The lowest BCUT2D eigenvalue weighted by Crippen LogP contribution is -2.34. The molecule has 15 nitrogen and oxygen atoms in total. The summed E-state index contributed by atoms with van der Waals surface area (Å²) in [6.45, 7) is 3.44. The molecule has 5 rings (SSSR count). The SMILES string of the molecule is Cl.N.N.N.N.O=C(Nc1ccc(Nc2nc(N3CCCCC3)nc(N3CCCCC3)n2)cc1O)c1cc(OC(F)(F)F)ccc1O.[HH].[HH].[HH].[HH]. The van der Waals surface area contributed by atoms with Crippen LogP contribution in [-0.2, 0) is 0 Å². The van der Waals surface area contributed by atoms with Crippen LogP contribution in [0.3, 0.4) is 0 Å². The van der Waals surface area contributed by atoms with E-state index in [4.69, 9.17) is 4.98 Å². The summed E-state index contributed by atoms with van der Waals surface area (Å²) in [5, 5.41) is 26.1. The summed E-state index contributed by atoms with van der Waals surface area (Å²) >= 11 is 0. The summed E-state index contributed by atoms with van der Waals surface area (Å²) in [5.41, 5.74) is -0.0564. The van der Waals surface area contributed by atoms with Crippen LogP contribution in [0.1, 0.15) is 54.6 Å². The highest BCUT2D eigenvalue weighted by atomic mass is 35.5. The van der Waals surface area contributed by atoms with Gasteiger partial charge in [0.1, 0.15) is 17.2 Å². The molecule has 2 aromatic carbocycles. The molecule has 266 valence electrons. The van der Waals surface area contributed by atoms with E-state index in [1.165, 1.54) is 25.0 Å². The molecule has 0 atom stereocenters. The second kappa shape index (κ2) is 18.0. The molecule has 2 fully saturated rings.